The first-order chi connectivity index (χ1) is 9.93. The van der Waals surface area contributed by atoms with Crippen molar-refractivity contribution in [2.24, 2.45) is 17.6 Å². The van der Waals surface area contributed by atoms with Crippen molar-refractivity contribution in [3.8, 4) is 0 Å². The van der Waals surface area contributed by atoms with Crippen molar-refractivity contribution < 1.29 is 14.6 Å². The fourth-order valence-electron chi connectivity index (χ4n) is 2.90. The molecule has 4 heteroatoms. The van der Waals surface area contributed by atoms with E-state index >= 15 is 0 Å². The van der Waals surface area contributed by atoms with E-state index in [1.807, 2.05) is 6.07 Å². The van der Waals surface area contributed by atoms with Gasteiger partial charge in [0.15, 0.2) is 5.54 Å². The van der Waals surface area contributed by atoms with E-state index in [0.29, 0.717) is 17.4 Å². The third-order valence-electron chi connectivity index (χ3n) is 4.77. The summed E-state index contributed by atoms with van der Waals surface area (Å²) in [5.74, 6) is 0.268. The van der Waals surface area contributed by atoms with Crippen LogP contribution >= 0.6 is 0 Å². The van der Waals surface area contributed by atoms with E-state index < -0.39 is 11.5 Å². The zero-order chi connectivity index (χ0) is 15.5. The fourth-order valence-corrected chi connectivity index (χ4v) is 2.90. The molecule has 0 spiro atoms. The Hall–Kier alpha value is -1.39. The van der Waals surface area contributed by atoms with E-state index in [-0.39, 0.29) is 12.7 Å². The second-order valence-electron chi connectivity index (χ2n) is 6.34. The summed E-state index contributed by atoms with van der Waals surface area (Å²) in [6.07, 6.45) is 3.20. The lowest BCUT2D eigenvalue weighted by atomic mass is 9.80. The minimum atomic E-state index is -1.48. The molecule has 21 heavy (non-hydrogen) atoms. The summed E-state index contributed by atoms with van der Waals surface area (Å²) in [5, 5.41) is 9.50. The highest BCUT2D eigenvalue weighted by Gasteiger charge is 2.38. The average molecular weight is 291 g/mol. The molecule has 0 heterocycles. The molecule has 4 atom stereocenters. The molecule has 1 aliphatic rings. The largest absolute Gasteiger partial charge is 0.480 e. The number of benzene rings is 1. The predicted octanol–water partition coefficient (Wildman–Crippen LogP) is 2.77. The van der Waals surface area contributed by atoms with Crippen LogP contribution in [-0.4, -0.2) is 23.8 Å². The Morgan fingerprint density at radius 1 is 1.29 bits per heavy atom. The van der Waals surface area contributed by atoms with Gasteiger partial charge < -0.3 is 15.6 Å². The Morgan fingerprint density at radius 3 is 2.52 bits per heavy atom. The fraction of sp³-hybridized carbons (Fsp3) is 0.588. The first kappa shape index (κ1) is 16.0. The highest BCUT2D eigenvalue weighted by atomic mass is 16.5. The molecule has 1 aromatic carbocycles. The van der Waals surface area contributed by atoms with Gasteiger partial charge in [-0.05, 0) is 36.7 Å². The number of carboxylic acids is 1. The van der Waals surface area contributed by atoms with E-state index in [2.05, 4.69) is 13.8 Å². The van der Waals surface area contributed by atoms with Crippen LogP contribution in [0.1, 0.15) is 38.7 Å². The molecule has 1 fully saturated rings. The number of carboxylic acid groups (broad SMARTS) is 1. The SMILES string of the molecule is CC1CCC(OCC(N)(C(=O)O)c2ccccc2)CC1C. The van der Waals surface area contributed by atoms with Gasteiger partial charge >= 0.3 is 5.97 Å². The van der Waals surface area contributed by atoms with Crippen LogP contribution in [0.4, 0.5) is 0 Å². The molecule has 0 amide bonds. The van der Waals surface area contributed by atoms with Crippen LogP contribution in [0.3, 0.4) is 0 Å². The lowest BCUT2D eigenvalue weighted by Gasteiger charge is -2.34. The molecule has 1 saturated carbocycles. The monoisotopic (exact) mass is 291 g/mol. The third kappa shape index (κ3) is 3.63. The van der Waals surface area contributed by atoms with Crippen molar-refractivity contribution >= 4 is 5.97 Å². The number of hydrogen-bond donors (Lipinski definition) is 2. The Morgan fingerprint density at radius 2 is 1.95 bits per heavy atom. The zero-order valence-electron chi connectivity index (χ0n) is 12.8. The third-order valence-corrected chi connectivity index (χ3v) is 4.77. The van der Waals surface area contributed by atoms with E-state index in [1.165, 1.54) is 0 Å². The number of ether oxygens (including phenoxy) is 1. The average Bonchev–Trinajstić information content (AvgIpc) is 2.49. The summed E-state index contributed by atoms with van der Waals surface area (Å²) in [5.41, 5.74) is 5.22. The smallest absolute Gasteiger partial charge is 0.330 e. The van der Waals surface area contributed by atoms with Crippen molar-refractivity contribution in [1.29, 1.82) is 0 Å². The van der Waals surface area contributed by atoms with Crippen LogP contribution in [0.5, 0.6) is 0 Å². The van der Waals surface area contributed by atoms with Crippen LogP contribution in [0, 0.1) is 11.8 Å². The number of carbonyl (C=O) groups is 1. The number of hydrogen-bond acceptors (Lipinski definition) is 3. The lowest BCUT2D eigenvalue weighted by Crippen LogP contribution is -2.50. The first-order valence-electron chi connectivity index (χ1n) is 7.63. The molecule has 1 aliphatic carbocycles. The van der Waals surface area contributed by atoms with Crippen LogP contribution in [0.25, 0.3) is 0 Å². The van der Waals surface area contributed by atoms with Gasteiger partial charge in [0.2, 0.25) is 0 Å². The topological polar surface area (TPSA) is 72.5 Å². The van der Waals surface area contributed by atoms with Crippen molar-refractivity contribution in [2.75, 3.05) is 6.61 Å². The van der Waals surface area contributed by atoms with Crippen LogP contribution in [0.2, 0.25) is 0 Å². The minimum Gasteiger partial charge on any atom is -0.480 e. The molecule has 0 saturated heterocycles. The minimum absolute atomic E-state index is 0.0120. The van der Waals surface area contributed by atoms with Crippen LogP contribution in [0.15, 0.2) is 30.3 Å². The highest BCUT2D eigenvalue weighted by molar-refractivity contribution is 5.80. The van der Waals surface area contributed by atoms with E-state index in [1.54, 1.807) is 24.3 Å². The van der Waals surface area contributed by atoms with Gasteiger partial charge in [-0.15, -0.1) is 0 Å². The van der Waals surface area contributed by atoms with E-state index in [0.717, 1.165) is 19.3 Å². The van der Waals surface area contributed by atoms with Gasteiger partial charge in [0, 0.05) is 0 Å². The predicted molar refractivity (Wildman–Crippen MR) is 81.9 cm³/mol. The summed E-state index contributed by atoms with van der Waals surface area (Å²) in [6.45, 7) is 4.50. The summed E-state index contributed by atoms with van der Waals surface area (Å²) in [7, 11) is 0. The molecule has 116 valence electrons. The maximum atomic E-state index is 11.6. The highest BCUT2D eigenvalue weighted by Crippen LogP contribution is 2.32. The quantitative estimate of drug-likeness (QED) is 0.875. The van der Waals surface area contributed by atoms with Gasteiger partial charge in [-0.3, -0.25) is 0 Å². The first-order valence-corrected chi connectivity index (χ1v) is 7.63. The van der Waals surface area contributed by atoms with Crippen molar-refractivity contribution in [3.05, 3.63) is 35.9 Å². The molecule has 1 aromatic rings. The Bertz CT molecular complexity index is 476. The normalized spacial score (nSPS) is 28.8. The van der Waals surface area contributed by atoms with E-state index in [4.69, 9.17) is 10.5 Å². The standard InChI is InChI=1S/C17H25NO3/c1-12-8-9-15(10-13(12)2)21-11-17(18,16(19)20)14-6-4-3-5-7-14/h3-7,12-13,15H,8-11,18H2,1-2H3,(H,19,20). The van der Waals surface area contributed by atoms with Crippen LogP contribution in [-0.2, 0) is 15.1 Å². The second-order valence-corrected chi connectivity index (χ2v) is 6.34. The number of rotatable bonds is 5. The maximum absolute atomic E-state index is 11.6. The van der Waals surface area contributed by atoms with Gasteiger partial charge in [0.1, 0.15) is 0 Å². The Kier molecular flexibility index (Phi) is 5.01. The summed E-state index contributed by atoms with van der Waals surface area (Å²) in [6, 6.07) is 8.91. The van der Waals surface area contributed by atoms with Gasteiger partial charge in [-0.25, -0.2) is 4.79 Å². The maximum Gasteiger partial charge on any atom is 0.330 e. The van der Waals surface area contributed by atoms with Gasteiger partial charge in [0.25, 0.3) is 0 Å². The molecule has 0 radical (unpaired) electrons. The molecular weight excluding hydrogens is 266 g/mol. The van der Waals surface area contributed by atoms with Gasteiger partial charge in [0.05, 0.1) is 12.7 Å². The lowest BCUT2D eigenvalue weighted by molar-refractivity contribution is -0.148. The molecule has 4 unspecified atom stereocenters. The molecule has 0 bridgehead atoms. The molecule has 0 aliphatic heterocycles. The molecule has 2 rings (SSSR count). The molecule has 4 nitrogen and oxygen atoms in total. The Balaban J connectivity index is 2.03. The summed E-state index contributed by atoms with van der Waals surface area (Å²) < 4.78 is 5.88. The van der Waals surface area contributed by atoms with Gasteiger partial charge in [-0.2, -0.15) is 0 Å². The van der Waals surface area contributed by atoms with Crippen molar-refractivity contribution in [3.63, 3.8) is 0 Å². The summed E-state index contributed by atoms with van der Waals surface area (Å²) >= 11 is 0. The Labute approximate surface area is 126 Å². The van der Waals surface area contributed by atoms with E-state index in [9.17, 15) is 9.90 Å². The molecular formula is C17H25NO3. The van der Waals surface area contributed by atoms with Crippen molar-refractivity contribution in [2.45, 2.75) is 44.8 Å². The second kappa shape index (κ2) is 6.58. The summed E-state index contributed by atoms with van der Waals surface area (Å²) in [4.78, 5) is 11.6. The number of nitrogens with two attached hydrogens (primary N) is 1. The van der Waals surface area contributed by atoms with Gasteiger partial charge in [-0.1, -0.05) is 44.2 Å². The molecule has 3 N–H and O–H groups in total. The number of aliphatic carboxylic acids is 1. The molecule has 0 aromatic heterocycles. The zero-order valence-corrected chi connectivity index (χ0v) is 12.8. The van der Waals surface area contributed by atoms with Crippen molar-refractivity contribution in [1.82, 2.24) is 0 Å². The van der Waals surface area contributed by atoms with Crippen LogP contribution < -0.4 is 5.73 Å².